The van der Waals surface area contributed by atoms with Gasteiger partial charge in [-0.25, -0.2) is 0 Å². The predicted molar refractivity (Wildman–Crippen MR) is 86.2 cm³/mol. The van der Waals surface area contributed by atoms with Crippen molar-refractivity contribution in [3.63, 3.8) is 0 Å². The molecule has 2 aromatic carbocycles. The molecule has 0 fully saturated rings. The topological polar surface area (TPSA) is 98.3 Å². The molecule has 1 N–H and O–H groups in total. The second-order valence-corrected chi connectivity index (χ2v) is 5.13. The number of non-ortho nitro benzene ring substituents is 2. The van der Waals surface area contributed by atoms with Gasteiger partial charge < -0.3 is 5.32 Å². The summed E-state index contributed by atoms with van der Waals surface area (Å²) in [4.78, 5) is 20.6. The summed E-state index contributed by atoms with van der Waals surface area (Å²) in [6.45, 7) is 1.28. The fourth-order valence-corrected chi connectivity index (χ4v) is 2.26. The van der Waals surface area contributed by atoms with Crippen LogP contribution in [0.15, 0.2) is 48.5 Å². The zero-order valence-corrected chi connectivity index (χ0v) is 12.5. The van der Waals surface area contributed by atoms with Gasteiger partial charge in [0.15, 0.2) is 0 Å². The molecule has 0 saturated carbocycles. The Bertz CT molecular complexity index is 644. The molecule has 0 atom stereocenters. The van der Waals surface area contributed by atoms with Crippen molar-refractivity contribution in [2.75, 3.05) is 6.54 Å². The highest BCUT2D eigenvalue weighted by molar-refractivity contribution is 5.35. The average molecular weight is 315 g/mol. The first kappa shape index (κ1) is 16.6. The van der Waals surface area contributed by atoms with Gasteiger partial charge in [0.25, 0.3) is 11.4 Å². The number of nitro groups is 2. The van der Waals surface area contributed by atoms with Gasteiger partial charge >= 0.3 is 0 Å². The van der Waals surface area contributed by atoms with Gasteiger partial charge in [-0.2, -0.15) is 0 Å². The Hall–Kier alpha value is -2.80. The molecule has 0 saturated heterocycles. The summed E-state index contributed by atoms with van der Waals surface area (Å²) in [5.41, 5.74) is 1.97. The molecule has 120 valence electrons. The Balaban J connectivity index is 1.76. The van der Waals surface area contributed by atoms with Crippen molar-refractivity contribution in [2.24, 2.45) is 0 Å². The van der Waals surface area contributed by atoms with Crippen molar-refractivity contribution >= 4 is 11.4 Å². The second kappa shape index (κ2) is 8.00. The first-order chi connectivity index (χ1) is 11.1. The molecule has 23 heavy (non-hydrogen) atoms. The van der Waals surface area contributed by atoms with Crippen molar-refractivity contribution in [1.29, 1.82) is 0 Å². The van der Waals surface area contributed by atoms with E-state index in [-0.39, 0.29) is 11.4 Å². The largest absolute Gasteiger partial charge is 0.313 e. The summed E-state index contributed by atoms with van der Waals surface area (Å²) in [6.07, 6.45) is 1.57. The molecule has 0 aromatic heterocycles. The molecule has 0 aliphatic carbocycles. The highest BCUT2D eigenvalue weighted by atomic mass is 16.6. The van der Waals surface area contributed by atoms with E-state index in [9.17, 15) is 20.2 Å². The van der Waals surface area contributed by atoms with Crippen molar-refractivity contribution in [1.82, 2.24) is 5.32 Å². The van der Waals surface area contributed by atoms with Crippen LogP contribution in [0.3, 0.4) is 0 Å². The Morgan fingerprint density at radius 1 is 0.870 bits per heavy atom. The molecular weight excluding hydrogens is 298 g/mol. The Labute approximate surface area is 133 Å². The SMILES string of the molecule is O=[N+]([O-])c1cccc(CCCNCc2cccc([N+](=O)[O-])c2)c1. The number of hydrogen-bond donors (Lipinski definition) is 1. The summed E-state index contributed by atoms with van der Waals surface area (Å²) >= 11 is 0. The fourth-order valence-electron chi connectivity index (χ4n) is 2.26. The Morgan fingerprint density at radius 2 is 1.43 bits per heavy atom. The number of nitrogens with one attached hydrogen (secondary N) is 1. The number of aryl methyl sites for hydroxylation is 1. The number of rotatable bonds is 8. The van der Waals surface area contributed by atoms with E-state index in [4.69, 9.17) is 0 Å². The minimum absolute atomic E-state index is 0.0842. The molecular formula is C16H17N3O4. The summed E-state index contributed by atoms with van der Waals surface area (Å²) in [6, 6.07) is 13.1. The fraction of sp³-hybridized carbons (Fsp3) is 0.250. The maximum absolute atomic E-state index is 10.7. The third kappa shape index (κ3) is 5.15. The summed E-state index contributed by atoms with van der Waals surface area (Å²) in [5.74, 6) is 0. The molecule has 2 rings (SSSR count). The molecule has 0 aliphatic heterocycles. The van der Waals surface area contributed by atoms with Gasteiger partial charge in [0.05, 0.1) is 9.85 Å². The molecule has 0 unspecified atom stereocenters. The highest BCUT2D eigenvalue weighted by Gasteiger charge is 2.06. The lowest BCUT2D eigenvalue weighted by Gasteiger charge is -2.05. The van der Waals surface area contributed by atoms with Crippen molar-refractivity contribution < 1.29 is 9.85 Å². The van der Waals surface area contributed by atoms with Crippen LogP contribution < -0.4 is 5.32 Å². The lowest BCUT2D eigenvalue weighted by molar-refractivity contribution is -0.385. The first-order valence-corrected chi connectivity index (χ1v) is 7.23. The van der Waals surface area contributed by atoms with Gasteiger partial charge in [0, 0.05) is 30.8 Å². The van der Waals surface area contributed by atoms with E-state index in [1.54, 1.807) is 24.3 Å². The van der Waals surface area contributed by atoms with E-state index in [1.165, 1.54) is 12.1 Å². The van der Waals surface area contributed by atoms with Crippen LogP contribution in [0, 0.1) is 20.2 Å². The highest BCUT2D eigenvalue weighted by Crippen LogP contribution is 2.15. The van der Waals surface area contributed by atoms with Crippen LogP contribution in [0.25, 0.3) is 0 Å². The molecule has 0 amide bonds. The number of nitro benzene ring substituents is 2. The zero-order valence-electron chi connectivity index (χ0n) is 12.5. The van der Waals surface area contributed by atoms with Crippen LogP contribution >= 0.6 is 0 Å². The Morgan fingerprint density at radius 3 is 2.04 bits per heavy atom. The van der Waals surface area contributed by atoms with Gasteiger partial charge in [-0.05, 0) is 30.5 Å². The molecule has 0 aliphatic rings. The van der Waals surface area contributed by atoms with Crippen molar-refractivity contribution in [2.45, 2.75) is 19.4 Å². The van der Waals surface area contributed by atoms with Crippen molar-refractivity contribution in [3.8, 4) is 0 Å². The van der Waals surface area contributed by atoms with Gasteiger partial charge in [-0.3, -0.25) is 20.2 Å². The molecule has 0 heterocycles. The van der Waals surface area contributed by atoms with E-state index < -0.39 is 9.85 Å². The van der Waals surface area contributed by atoms with E-state index in [1.807, 2.05) is 12.1 Å². The molecule has 0 bridgehead atoms. The van der Waals surface area contributed by atoms with E-state index >= 15 is 0 Å². The van der Waals surface area contributed by atoms with Gasteiger partial charge in [-0.1, -0.05) is 24.3 Å². The predicted octanol–water partition coefficient (Wildman–Crippen LogP) is 3.23. The lowest BCUT2D eigenvalue weighted by atomic mass is 10.1. The van der Waals surface area contributed by atoms with Gasteiger partial charge in [-0.15, -0.1) is 0 Å². The molecule has 2 aromatic rings. The van der Waals surface area contributed by atoms with Crippen LogP contribution in [0.4, 0.5) is 11.4 Å². The molecule has 7 nitrogen and oxygen atoms in total. The maximum atomic E-state index is 10.7. The quantitative estimate of drug-likeness (QED) is 0.458. The standard InChI is InChI=1S/C16H17N3O4/c20-18(21)15-7-1-4-13(10-15)6-3-9-17-12-14-5-2-8-16(11-14)19(22)23/h1-2,4-5,7-8,10-11,17H,3,6,9,12H2. The summed E-state index contributed by atoms with van der Waals surface area (Å²) in [5, 5.41) is 24.6. The number of nitrogens with zero attached hydrogens (tertiary/aromatic N) is 2. The monoisotopic (exact) mass is 315 g/mol. The normalized spacial score (nSPS) is 10.4. The second-order valence-electron chi connectivity index (χ2n) is 5.13. The van der Waals surface area contributed by atoms with Gasteiger partial charge in [0.2, 0.25) is 0 Å². The first-order valence-electron chi connectivity index (χ1n) is 7.23. The Kier molecular flexibility index (Phi) is 5.76. The lowest BCUT2D eigenvalue weighted by Crippen LogP contribution is -2.15. The van der Waals surface area contributed by atoms with E-state index in [0.29, 0.717) is 6.54 Å². The number of hydrogen-bond acceptors (Lipinski definition) is 5. The minimum Gasteiger partial charge on any atom is -0.313 e. The van der Waals surface area contributed by atoms with E-state index in [0.717, 1.165) is 30.5 Å². The summed E-state index contributed by atoms with van der Waals surface area (Å²) < 4.78 is 0. The van der Waals surface area contributed by atoms with E-state index in [2.05, 4.69) is 5.32 Å². The van der Waals surface area contributed by atoms with Crippen LogP contribution in [-0.4, -0.2) is 16.4 Å². The molecule has 0 radical (unpaired) electrons. The van der Waals surface area contributed by atoms with Crippen molar-refractivity contribution in [3.05, 3.63) is 79.9 Å². The zero-order chi connectivity index (χ0) is 16.7. The molecule has 0 spiro atoms. The average Bonchev–Trinajstić information content (AvgIpc) is 2.55. The minimum atomic E-state index is -0.411. The van der Waals surface area contributed by atoms with Crippen LogP contribution in [-0.2, 0) is 13.0 Å². The molecule has 7 heteroatoms. The smallest absolute Gasteiger partial charge is 0.269 e. The number of benzene rings is 2. The third-order valence-electron chi connectivity index (χ3n) is 3.39. The van der Waals surface area contributed by atoms with Crippen LogP contribution in [0.2, 0.25) is 0 Å². The van der Waals surface area contributed by atoms with Crippen LogP contribution in [0.5, 0.6) is 0 Å². The van der Waals surface area contributed by atoms with Gasteiger partial charge in [0.1, 0.15) is 0 Å². The summed E-state index contributed by atoms with van der Waals surface area (Å²) in [7, 11) is 0. The third-order valence-corrected chi connectivity index (χ3v) is 3.39. The maximum Gasteiger partial charge on any atom is 0.269 e. The van der Waals surface area contributed by atoms with Crippen LogP contribution in [0.1, 0.15) is 17.5 Å².